The predicted molar refractivity (Wildman–Crippen MR) is 51.8 cm³/mol. The number of anilines is 1. The van der Waals surface area contributed by atoms with Gasteiger partial charge in [-0.3, -0.25) is 14.9 Å². The molecule has 15 heavy (non-hydrogen) atoms. The van der Waals surface area contributed by atoms with Crippen LogP contribution in [-0.4, -0.2) is 27.5 Å². The Hall–Kier alpha value is -2.18. The van der Waals surface area contributed by atoms with Gasteiger partial charge in [-0.2, -0.15) is 0 Å². The van der Waals surface area contributed by atoms with Crippen molar-refractivity contribution in [2.75, 3.05) is 11.9 Å². The molecule has 2 N–H and O–H groups in total. The van der Waals surface area contributed by atoms with Gasteiger partial charge in [-0.15, -0.1) is 0 Å². The Balaban J connectivity index is 2.83. The quantitative estimate of drug-likeness (QED) is 0.563. The molecule has 0 aliphatic carbocycles. The van der Waals surface area contributed by atoms with Crippen molar-refractivity contribution >= 4 is 17.5 Å². The fraction of sp³-hybridized carbons (Fsp3) is 0.250. The lowest BCUT2D eigenvalue weighted by Crippen LogP contribution is -2.14. The summed E-state index contributed by atoms with van der Waals surface area (Å²) in [6.07, 6.45) is 1.08. The molecule has 80 valence electrons. The number of carboxylic acids is 1. The van der Waals surface area contributed by atoms with Crippen LogP contribution in [0.15, 0.2) is 12.3 Å². The van der Waals surface area contributed by atoms with E-state index in [1.165, 1.54) is 6.07 Å². The number of carboxylic acid groups (broad SMARTS) is 1. The molecule has 1 aromatic heterocycles. The van der Waals surface area contributed by atoms with Gasteiger partial charge < -0.3 is 10.4 Å². The Morgan fingerprint density at radius 1 is 1.73 bits per heavy atom. The highest BCUT2D eigenvalue weighted by Gasteiger charge is 2.09. The summed E-state index contributed by atoms with van der Waals surface area (Å²) in [5, 5.41) is 21.3. The van der Waals surface area contributed by atoms with E-state index in [0.29, 0.717) is 11.4 Å². The van der Waals surface area contributed by atoms with Crippen molar-refractivity contribution in [2.24, 2.45) is 0 Å². The van der Waals surface area contributed by atoms with Crippen LogP contribution in [0.3, 0.4) is 0 Å². The number of nitrogens with one attached hydrogen (secondary N) is 1. The third-order valence-corrected chi connectivity index (χ3v) is 1.68. The van der Waals surface area contributed by atoms with E-state index in [-0.39, 0.29) is 12.2 Å². The molecule has 0 aliphatic rings. The Labute approximate surface area is 84.9 Å². The standard InChI is InChI=1S/C8H9N3O4/c1-5-2-6(11(14)15)3-9-8(5)10-4-7(12)13/h2-3H,4H2,1H3,(H,9,10)(H,12,13). The smallest absolute Gasteiger partial charge is 0.322 e. The Morgan fingerprint density at radius 3 is 2.87 bits per heavy atom. The molecule has 0 bridgehead atoms. The average Bonchev–Trinajstić information content (AvgIpc) is 2.15. The van der Waals surface area contributed by atoms with Gasteiger partial charge in [0.2, 0.25) is 0 Å². The number of carbonyl (C=O) groups is 1. The molecule has 1 heterocycles. The van der Waals surface area contributed by atoms with Gasteiger partial charge in [0.05, 0.1) is 4.92 Å². The number of pyridine rings is 1. The molecule has 0 atom stereocenters. The van der Waals surface area contributed by atoms with Crippen molar-refractivity contribution in [3.8, 4) is 0 Å². The van der Waals surface area contributed by atoms with Crippen LogP contribution in [0.25, 0.3) is 0 Å². The Kier molecular flexibility index (Phi) is 3.17. The number of nitro groups is 1. The van der Waals surface area contributed by atoms with E-state index in [9.17, 15) is 14.9 Å². The van der Waals surface area contributed by atoms with Crippen molar-refractivity contribution in [3.05, 3.63) is 27.9 Å². The third kappa shape index (κ3) is 2.90. The number of aliphatic carboxylic acids is 1. The lowest BCUT2D eigenvalue weighted by molar-refractivity contribution is -0.385. The maximum absolute atomic E-state index is 10.4. The van der Waals surface area contributed by atoms with Crippen molar-refractivity contribution in [3.63, 3.8) is 0 Å². The molecule has 0 saturated heterocycles. The molecule has 7 nitrogen and oxygen atoms in total. The Morgan fingerprint density at radius 2 is 2.40 bits per heavy atom. The summed E-state index contributed by atoms with van der Waals surface area (Å²) in [6.45, 7) is 1.34. The minimum atomic E-state index is -1.02. The number of hydrogen-bond donors (Lipinski definition) is 2. The highest BCUT2D eigenvalue weighted by molar-refractivity contribution is 5.72. The van der Waals surface area contributed by atoms with Crippen LogP contribution in [0, 0.1) is 17.0 Å². The second-order valence-corrected chi connectivity index (χ2v) is 2.86. The van der Waals surface area contributed by atoms with Crippen LogP contribution < -0.4 is 5.32 Å². The zero-order valence-corrected chi connectivity index (χ0v) is 7.93. The number of aryl methyl sites for hydroxylation is 1. The van der Waals surface area contributed by atoms with Crippen molar-refractivity contribution in [1.29, 1.82) is 0 Å². The van der Waals surface area contributed by atoms with Gasteiger partial charge in [0.25, 0.3) is 5.69 Å². The zero-order valence-electron chi connectivity index (χ0n) is 7.93. The first-order valence-electron chi connectivity index (χ1n) is 4.07. The van der Waals surface area contributed by atoms with Crippen LogP contribution in [0.4, 0.5) is 11.5 Å². The third-order valence-electron chi connectivity index (χ3n) is 1.68. The first-order chi connectivity index (χ1) is 7.00. The fourth-order valence-electron chi connectivity index (χ4n) is 1.00. The SMILES string of the molecule is Cc1cc([N+](=O)[O-])cnc1NCC(=O)O. The van der Waals surface area contributed by atoms with Crippen LogP contribution >= 0.6 is 0 Å². The fourth-order valence-corrected chi connectivity index (χ4v) is 1.00. The van der Waals surface area contributed by atoms with Gasteiger partial charge in [-0.25, -0.2) is 4.98 Å². The van der Waals surface area contributed by atoms with Crippen molar-refractivity contribution in [1.82, 2.24) is 4.98 Å². The predicted octanol–water partition coefficient (Wildman–Crippen LogP) is 0.795. The molecule has 7 heteroatoms. The lowest BCUT2D eigenvalue weighted by Gasteiger charge is -2.04. The minimum Gasteiger partial charge on any atom is -0.480 e. The van der Waals surface area contributed by atoms with Crippen LogP contribution in [0.2, 0.25) is 0 Å². The maximum atomic E-state index is 10.4. The first-order valence-corrected chi connectivity index (χ1v) is 4.07. The monoisotopic (exact) mass is 211 g/mol. The second-order valence-electron chi connectivity index (χ2n) is 2.86. The summed E-state index contributed by atoms with van der Waals surface area (Å²) in [5.41, 5.74) is 0.416. The van der Waals surface area contributed by atoms with Crippen molar-refractivity contribution in [2.45, 2.75) is 6.92 Å². The van der Waals surface area contributed by atoms with E-state index >= 15 is 0 Å². The van der Waals surface area contributed by atoms with Gasteiger partial charge >= 0.3 is 5.97 Å². The molecule has 0 radical (unpaired) electrons. The molecular formula is C8H9N3O4. The number of nitrogens with zero attached hydrogens (tertiary/aromatic N) is 2. The summed E-state index contributed by atoms with van der Waals surface area (Å²) < 4.78 is 0. The van der Waals surface area contributed by atoms with E-state index in [0.717, 1.165) is 6.20 Å². The maximum Gasteiger partial charge on any atom is 0.322 e. The zero-order chi connectivity index (χ0) is 11.4. The van der Waals surface area contributed by atoms with Gasteiger partial charge in [0, 0.05) is 6.07 Å². The number of rotatable bonds is 4. The van der Waals surface area contributed by atoms with E-state index in [2.05, 4.69) is 10.3 Å². The van der Waals surface area contributed by atoms with Gasteiger partial charge in [-0.05, 0) is 12.5 Å². The number of aromatic nitrogens is 1. The van der Waals surface area contributed by atoms with Gasteiger partial charge in [-0.1, -0.05) is 0 Å². The first kappa shape index (κ1) is 10.9. The minimum absolute atomic E-state index is 0.117. The highest BCUT2D eigenvalue weighted by atomic mass is 16.6. The van der Waals surface area contributed by atoms with Crippen LogP contribution in [0.1, 0.15) is 5.56 Å². The molecule has 0 aromatic carbocycles. The number of hydrogen-bond acceptors (Lipinski definition) is 5. The summed E-state index contributed by atoms with van der Waals surface area (Å²) in [5.74, 6) is -0.683. The molecule has 0 spiro atoms. The molecule has 0 amide bonds. The molecule has 0 aliphatic heterocycles. The largest absolute Gasteiger partial charge is 0.480 e. The average molecular weight is 211 g/mol. The van der Waals surface area contributed by atoms with Gasteiger partial charge in [0.15, 0.2) is 0 Å². The molecule has 0 fully saturated rings. The summed E-state index contributed by atoms with van der Waals surface area (Å²) in [6, 6.07) is 1.33. The van der Waals surface area contributed by atoms with Crippen molar-refractivity contribution < 1.29 is 14.8 Å². The van der Waals surface area contributed by atoms with Crippen LogP contribution in [0.5, 0.6) is 0 Å². The summed E-state index contributed by atoms with van der Waals surface area (Å²) >= 11 is 0. The second kappa shape index (κ2) is 4.36. The van der Waals surface area contributed by atoms with E-state index in [4.69, 9.17) is 5.11 Å². The summed E-state index contributed by atoms with van der Waals surface area (Å²) in [4.78, 5) is 23.8. The normalized spacial score (nSPS) is 9.67. The Bertz CT molecular complexity index is 405. The lowest BCUT2D eigenvalue weighted by atomic mass is 10.2. The topological polar surface area (TPSA) is 105 Å². The molecule has 0 unspecified atom stereocenters. The molecular weight excluding hydrogens is 202 g/mol. The van der Waals surface area contributed by atoms with E-state index in [1.54, 1.807) is 6.92 Å². The summed E-state index contributed by atoms with van der Waals surface area (Å²) in [7, 11) is 0. The van der Waals surface area contributed by atoms with Gasteiger partial charge in [0.1, 0.15) is 18.6 Å². The van der Waals surface area contributed by atoms with Crippen LogP contribution in [-0.2, 0) is 4.79 Å². The van der Waals surface area contributed by atoms with E-state index in [1.807, 2.05) is 0 Å². The highest BCUT2D eigenvalue weighted by Crippen LogP contribution is 2.17. The molecule has 0 saturated carbocycles. The molecule has 1 rings (SSSR count). The van der Waals surface area contributed by atoms with E-state index < -0.39 is 10.9 Å². The molecule has 1 aromatic rings.